The highest BCUT2D eigenvalue weighted by atomic mass is 35.5. The molecule has 1 fully saturated rings. The van der Waals surface area contributed by atoms with Crippen LogP contribution < -0.4 is 5.32 Å². The van der Waals surface area contributed by atoms with Gasteiger partial charge in [-0.2, -0.15) is 0 Å². The summed E-state index contributed by atoms with van der Waals surface area (Å²) in [4.78, 5) is 10.7. The molecule has 92 valence electrons. The summed E-state index contributed by atoms with van der Waals surface area (Å²) in [5.74, 6) is -0.259. The third-order valence-corrected chi connectivity index (χ3v) is 3.59. The molecule has 1 aromatic rings. The van der Waals surface area contributed by atoms with Crippen LogP contribution in [-0.4, -0.2) is 23.2 Å². The largest absolute Gasteiger partial charge is 0.480 e. The van der Waals surface area contributed by atoms with Crippen molar-refractivity contribution in [3.63, 3.8) is 0 Å². The van der Waals surface area contributed by atoms with Gasteiger partial charge in [-0.05, 0) is 43.4 Å². The van der Waals surface area contributed by atoms with Crippen LogP contribution in [0.25, 0.3) is 0 Å². The predicted molar refractivity (Wildman–Crippen MR) is 67.4 cm³/mol. The van der Waals surface area contributed by atoms with Gasteiger partial charge in [0, 0.05) is 11.1 Å². The molecule has 1 saturated carbocycles. The molecule has 1 aliphatic carbocycles. The highest BCUT2D eigenvalue weighted by Crippen LogP contribution is 2.37. The van der Waals surface area contributed by atoms with Crippen molar-refractivity contribution in [3.05, 3.63) is 34.9 Å². The molecular formula is C13H16ClNO2. The van der Waals surface area contributed by atoms with Gasteiger partial charge in [-0.1, -0.05) is 23.7 Å². The number of carboxylic acid groups (broad SMARTS) is 1. The topological polar surface area (TPSA) is 49.3 Å². The van der Waals surface area contributed by atoms with Crippen LogP contribution in [-0.2, 0) is 4.79 Å². The Balaban J connectivity index is 1.83. The monoisotopic (exact) mass is 253 g/mol. The van der Waals surface area contributed by atoms with Crippen LogP contribution in [0.2, 0.25) is 5.02 Å². The molecule has 0 radical (unpaired) electrons. The number of carboxylic acids is 1. The highest BCUT2D eigenvalue weighted by molar-refractivity contribution is 6.30. The maximum absolute atomic E-state index is 10.7. The smallest absolute Gasteiger partial charge is 0.320 e. The normalized spacial score (nSPS) is 25.1. The average Bonchev–Trinajstić information content (AvgIpc) is 2.24. The van der Waals surface area contributed by atoms with Gasteiger partial charge in [-0.25, -0.2) is 0 Å². The molecule has 0 aliphatic heterocycles. The number of aliphatic carboxylic acids is 1. The van der Waals surface area contributed by atoms with E-state index in [4.69, 9.17) is 16.7 Å². The molecule has 0 bridgehead atoms. The predicted octanol–water partition coefficient (Wildman–Crippen LogP) is 2.65. The van der Waals surface area contributed by atoms with E-state index in [1.807, 2.05) is 24.3 Å². The Morgan fingerprint density at radius 2 is 2.00 bits per heavy atom. The van der Waals surface area contributed by atoms with Crippen molar-refractivity contribution in [2.75, 3.05) is 0 Å². The molecule has 0 saturated heterocycles. The van der Waals surface area contributed by atoms with Crippen LogP contribution >= 0.6 is 11.6 Å². The van der Waals surface area contributed by atoms with Gasteiger partial charge in [0.1, 0.15) is 6.04 Å². The van der Waals surface area contributed by atoms with E-state index in [1.165, 1.54) is 5.56 Å². The lowest BCUT2D eigenvalue weighted by Gasteiger charge is -2.37. The molecule has 0 spiro atoms. The molecule has 17 heavy (non-hydrogen) atoms. The summed E-state index contributed by atoms with van der Waals surface area (Å²) in [5, 5.41) is 12.6. The Morgan fingerprint density at radius 1 is 1.41 bits per heavy atom. The summed E-state index contributed by atoms with van der Waals surface area (Å²) in [5.41, 5.74) is 1.29. The van der Waals surface area contributed by atoms with Gasteiger partial charge in [0.15, 0.2) is 0 Å². The first-order chi connectivity index (χ1) is 8.06. The van der Waals surface area contributed by atoms with Crippen LogP contribution in [0.3, 0.4) is 0 Å². The Morgan fingerprint density at radius 3 is 2.53 bits per heavy atom. The molecule has 1 aromatic carbocycles. The Hall–Kier alpha value is -1.06. The molecule has 3 nitrogen and oxygen atoms in total. The summed E-state index contributed by atoms with van der Waals surface area (Å²) in [7, 11) is 0. The lowest BCUT2D eigenvalue weighted by atomic mass is 9.75. The number of halogens is 1. The van der Waals surface area contributed by atoms with Crippen LogP contribution in [0.4, 0.5) is 0 Å². The Labute approximate surface area is 106 Å². The Bertz CT molecular complexity index is 398. The lowest BCUT2D eigenvalue weighted by molar-refractivity contribution is -0.139. The van der Waals surface area contributed by atoms with Crippen molar-refractivity contribution in [1.82, 2.24) is 5.32 Å². The van der Waals surface area contributed by atoms with Crippen molar-refractivity contribution in [2.45, 2.75) is 37.8 Å². The fourth-order valence-electron chi connectivity index (χ4n) is 2.19. The highest BCUT2D eigenvalue weighted by Gasteiger charge is 2.31. The SMILES string of the molecule is CC(NC1CC(c2ccc(Cl)cc2)C1)C(=O)O. The average molecular weight is 254 g/mol. The van der Waals surface area contributed by atoms with Crippen molar-refractivity contribution in [3.8, 4) is 0 Å². The molecule has 2 rings (SSSR count). The fraction of sp³-hybridized carbons (Fsp3) is 0.462. The zero-order chi connectivity index (χ0) is 12.4. The van der Waals surface area contributed by atoms with Gasteiger partial charge in [-0.15, -0.1) is 0 Å². The maximum atomic E-state index is 10.7. The summed E-state index contributed by atoms with van der Waals surface area (Å²) in [6.07, 6.45) is 2.00. The van der Waals surface area contributed by atoms with Crippen molar-refractivity contribution in [2.24, 2.45) is 0 Å². The second kappa shape index (κ2) is 5.07. The van der Waals surface area contributed by atoms with E-state index >= 15 is 0 Å². The number of hydrogen-bond acceptors (Lipinski definition) is 2. The summed E-state index contributed by atoms with van der Waals surface area (Å²) in [6.45, 7) is 1.68. The van der Waals surface area contributed by atoms with Crippen LogP contribution in [0, 0.1) is 0 Å². The van der Waals surface area contributed by atoms with E-state index in [1.54, 1.807) is 6.92 Å². The Kier molecular flexibility index (Phi) is 3.69. The van der Waals surface area contributed by atoms with E-state index in [0.717, 1.165) is 17.9 Å². The molecule has 0 aromatic heterocycles. The van der Waals surface area contributed by atoms with Crippen molar-refractivity contribution >= 4 is 17.6 Å². The second-order valence-electron chi connectivity index (χ2n) is 4.64. The van der Waals surface area contributed by atoms with E-state index in [-0.39, 0.29) is 0 Å². The zero-order valence-electron chi connectivity index (χ0n) is 9.69. The van der Waals surface area contributed by atoms with E-state index in [0.29, 0.717) is 12.0 Å². The van der Waals surface area contributed by atoms with Gasteiger partial charge in [0.25, 0.3) is 0 Å². The van der Waals surface area contributed by atoms with Gasteiger partial charge >= 0.3 is 5.97 Å². The number of hydrogen-bond donors (Lipinski definition) is 2. The van der Waals surface area contributed by atoms with E-state index < -0.39 is 12.0 Å². The molecule has 2 N–H and O–H groups in total. The molecule has 1 aliphatic rings. The summed E-state index contributed by atoms with van der Waals surface area (Å²) in [6, 6.07) is 7.75. The van der Waals surface area contributed by atoms with Crippen molar-refractivity contribution in [1.29, 1.82) is 0 Å². The van der Waals surface area contributed by atoms with E-state index in [9.17, 15) is 4.79 Å². The molecule has 4 heteroatoms. The molecule has 0 heterocycles. The van der Waals surface area contributed by atoms with E-state index in [2.05, 4.69) is 5.32 Å². The molecule has 1 atom stereocenters. The number of nitrogens with one attached hydrogen (secondary N) is 1. The number of benzene rings is 1. The molecule has 0 amide bonds. The quantitative estimate of drug-likeness (QED) is 0.867. The standard InChI is InChI=1S/C13H16ClNO2/c1-8(13(16)17)15-12-6-10(7-12)9-2-4-11(14)5-3-9/h2-5,8,10,12,15H,6-7H2,1H3,(H,16,17). The van der Waals surface area contributed by atoms with Crippen LogP contribution in [0.5, 0.6) is 0 Å². The van der Waals surface area contributed by atoms with Crippen LogP contribution in [0.15, 0.2) is 24.3 Å². The van der Waals surface area contributed by atoms with Gasteiger partial charge in [-0.3, -0.25) is 4.79 Å². The molecule has 1 unspecified atom stereocenters. The van der Waals surface area contributed by atoms with Gasteiger partial charge in [0.2, 0.25) is 0 Å². The lowest BCUT2D eigenvalue weighted by Crippen LogP contribution is -2.47. The first kappa shape index (κ1) is 12.4. The minimum Gasteiger partial charge on any atom is -0.480 e. The van der Waals surface area contributed by atoms with Crippen molar-refractivity contribution < 1.29 is 9.90 Å². The first-order valence-electron chi connectivity index (χ1n) is 5.80. The third-order valence-electron chi connectivity index (χ3n) is 3.34. The minimum atomic E-state index is -0.792. The summed E-state index contributed by atoms with van der Waals surface area (Å²) >= 11 is 5.83. The first-order valence-corrected chi connectivity index (χ1v) is 6.18. The molecular weight excluding hydrogens is 238 g/mol. The summed E-state index contributed by atoms with van der Waals surface area (Å²) < 4.78 is 0. The zero-order valence-corrected chi connectivity index (χ0v) is 10.4. The second-order valence-corrected chi connectivity index (χ2v) is 5.08. The maximum Gasteiger partial charge on any atom is 0.320 e. The minimum absolute atomic E-state index is 0.321. The number of carbonyl (C=O) groups is 1. The van der Waals surface area contributed by atoms with Gasteiger partial charge in [0.05, 0.1) is 0 Å². The van der Waals surface area contributed by atoms with Crippen LogP contribution in [0.1, 0.15) is 31.2 Å². The number of rotatable bonds is 4. The third kappa shape index (κ3) is 2.99. The fourth-order valence-corrected chi connectivity index (χ4v) is 2.31. The van der Waals surface area contributed by atoms with Gasteiger partial charge < -0.3 is 10.4 Å².